The van der Waals surface area contributed by atoms with E-state index in [2.05, 4.69) is 6.58 Å². The van der Waals surface area contributed by atoms with Crippen molar-refractivity contribution in [2.45, 2.75) is 18.9 Å². The largest absolute Gasteiger partial charge is 0.316 e. The van der Waals surface area contributed by atoms with Gasteiger partial charge in [-0.05, 0) is 12.8 Å². The Labute approximate surface area is 49.6 Å². The van der Waals surface area contributed by atoms with Gasteiger partial charge in [-0.1, -0.05) is 6.08 Å². The zero-order valence-corrected chi connectivity index (χ0v) is 4.80. The molecule has 0 saturated carbocycles. The number of hydrogen-bond acceptors (Lipinski definition) is 2. The number of rotatable bonds is 3. The number of nitriles is 1. The molecule has 2 heteroatoms. The van der Waals surface area contributed by atoms with Crippen molar-refractivity contribution in [2.75, 3.05) is 0 Å². The molecule has 2 N–H and O–H groups in total. The summed E-state index contributed by atoms with van der Waals surface area (Å²) in [5, 5.41) is 8.15. The summed E-state index contributed by atoms with van der Waals surface area (Å²) in [6.07, 6.45) is 3.31. The highest BCUT2D eigenvalue weighted by Gasteiger charge is 1.94. The second-order valence-corrected chi connectivity index (χ2v) is 1.60. The fourth-order valence-electron chi connectivity index (χ4n) is 0.362. The summed E-state index contributed by atoms with van der Waals surface area (Å²) < 4.78 is 0. The maximum atomic E-state index is 8.15. The molecule has 0 amide bonds. The van der Waals surface area contributed by atoms with E-state index in [1.165, 1.54) is 0 Å². The third-order valence-corrected chi connectivity index (χ3v) is 0.848. The lowest BCUT2D eigenvalue weighted by Crippen LogP contribution is -2.15. The van der Waals surface area contributed by atoms with Gasteiger partial charge in [-0.2, -0.15) is 5.26 Å². The standard InChI is InChI=1S/C6H10N2/c1-2-3-4-6(8)5-7/h2,6H,1,3-4,8H2. The van der Waals surface area contributed by atoms with Gasteiger partial charge in [0.25, 0.3) is 0 Å². The molecule has 0 aromatic rings. The summed E-state index contributed by atoms with van der Waals surface area (Å²) in [5.74, 6) is 0. The molecule has 0 aliphatic heterocycles. The number of hydrogen-bond donors (Lipinski definition) is 1. The van der Waals surface area contributed by atoms with Crippen LogP contribution in [0.15, 0.2) is 12.7 Å². The number of nitrogens with zero attached hydrogens (tertiary/aromatic N) is 1. The lowest BCUT2D eigenvalue weighted by Gasteiger charge is -1.94. The van der Waals surface area contributed by atoms with E-state index in [4.69, 9.17) is 11.0 Å². The molecule has 8 heavy (non-hydrogen) atoms. The summed E-state index contributed by atoms with van der Waals surface area (Å²) in [4.78, 5) is 0. The van der Waals surface area contributed by atoms with Crippen LogP contribution < -0.4 is 5.73 Å². The third kappa shape index (κ3) is 3.38. The lowest BCUT2D eigenvalue weighted by molar-refractivity contribution is 0.745. The van der Waals surface area contributed by atoms with E-state index in [1.807, 2.05) is 6.07 Å². The maximum absolute atomic E-state index is 8.15. The van der Waals surface area contributed by atoms with Gasteiger partial charge in [0.05, 0.1) is 12.1 Å². The topological polar surface area (TPSA) is 49.8 Å². The minimum atomic E-state index is -0.312. The first-order valence-corrected chi connectivity index (χ1v) is 2.57. The third-order valence-electron chi connectivity index (χ3n) is 0.848. The van der Waals surface area contributed by atoms with Crippen LogP contribution in [0, 0.1) is 11.3 Å². The number of allylic oxidation sites excluding steroid dienone is 1. The molecule has 0 rings (SSSR count). The molecule has 1 atom stereocenters. The van der Waals surface area contributed by atoms with Crippen LogP contribution in [0.2, 0.25) is 0 Å². The van der Waals surface area contributed by atoms with Gasteiger partial charge < -0.3 is 5.73 Å². The molecule has 0 aliphatic carbocycles. The zero-order valence-electron chi connectivity index (χ0n) is 4.80. The van der Waals surface area contributed by atoms with E-state index in [-0.39, 0.29) is 6.04 Å². The molecule has 0 bridgehead atoms. The van der Waals surface area contributed by atoms with E-state index >= 15 is 0 Å². The van der Waals surface area contributed by atoms with Crippen molar-refractivity contribution >= 4 is 0 Å². The lowest BCUT2D eigenvalue weighted by atomic mass is 10.2. The average molecular weight is 110 g/mol. The summed E-state index contributed by atoms with van der Waals surface area (Å²) in [6, 6.07) is 1.62. The van der Waals surface area contributed by atoms with Crippen molar-refractivity contribution in [2.24, 2.45) is 5.73 Å². The van der Waals surface area contributed by atoms with Crippen molar-refractivity contribution in [3.63, 3.8) is 0 Å². The fraction of sp³-hybridized carbons (Fsp3) is 0.500. The first-order valence-electron chi connectivity index (χ1n) is 2.57. The van der Waals surface area contributed by atoms with Crippen LogP contribution in [0.25, 0.3) is 0 Å². The molecule has 44 valence electrons. The van der Waals surface area contributed by atoms with Crippen LogP contribution in [-0.4, -0.2) is 6.04 Å². The molecule has 0 radical (unpaired) electrons. The molecular formula is C6H10N2. The monoisotopic (exact) mass is 110 g/mol. The molecule has 0 aliphatic rings. The second-order valence-electron chi connectivity index (χ2n) is 1.60. The zero-order chi connectivity index (χ0) is 6.41. The van der Waals surface area contributed by atoms with E-state index in [0.29, 0.717) is 0 Å². The van der Waals surface area contributed by atoms with Crippen LogP contribution in [0.1, 0.15) is 12.8 Å². The number of nitrogens with two attached hydrogens (primary N) is 1. The normalized spacial score (nSPS) is 12.0. The van der Waals surface area contributed by atoms with Crippen molar-refractivity contribution in [1.82, 2.24) is 0 Å². The Morgan fingerprint density at radius 2 is 2.50 bits per heavy atom. The fourth-order valence-corrected chi connectivity index (χ4v) is 0.362. The van der Waals surface area contributed by atoms with Crippen LogP contribution in [0.5, 0.6) is 0 Å². The molecule has 0 heterocycles. The summed E-state index contributed by atoms with van der Waals surface area (Å²) in [5.41, 5.74) is 5.25. The Balaban J connectivity index is 3.14. The Bertz CT molecular complexity index is 102. The predicted octanol–water partition coefficient (Wildman–Crippen LogP) is 0.803. The first kappa shape index (κ1) is 7.19. The van der Waals surface area contributed by atoms with Gasteiger partial charge >= 0.3 is 0 Å². The molecule has 0 spiro atoms. The molecule has 2 nitrogen and oxygen atoms in total. The van der Waals surface area contributed by atoms with Gasteiger partial charge in [0.2, 0.25) is 0 Å². The predicted molar refractivity (Wildman–Crippen MR) is 33.0 cm³/mol. The van der Waals surface area contributed by atoms with Crippen molar-refractivity contribution in [3.8, 4) is 6.07 Å². The molecule has 0 aromatic heterocycles. The molecular weight excluding hydrogens is 100 g/mol. The van der Waals surface area contributed by atoms with Crippen LogP contribution in [0.4, 0.5) is 0 Å². The van der Waals surface area contributed by atoms with E-state index in [1.54, 1.807) is 6.08 Å². The van der Waals surface area contributed by atoms with Crippen molar-refractivity contribution in [1.29, 1.82) is 5.26 Å². The van der Waals surface area contributed by atoms with Gasteiger partial charge in [0.15, 0.2) is 0 Å². The summed E-state index contributed by atoms with van der Waals surface area (Å²) >= 11 is 0. The highest BCUT2D eigenvalue weighted by molar-refractivity contribution is 4.87. The van der Waals surface area contributed by atoms with Crippen LogP contribution in [-0.2, 0) is 0 Å². The molecule has 0 aromatic carbocycles. The smallest absolute Gasteiger partial charge is 0.0931 e. The Morgan fingerprint density at radius 1 is 1.88 bits per heavy atom. The maximum Gasteiger partial charge on any atom is 0.0931 e. The van der Waals surface area contributed by atoms with E-state index in [9.17, 15) is 0 Å². The summed E-state index contributed by atoms with van der Waals surface area (Å²) in [7, 11) is 0. The van der Waals surface area contributed by atoms with E-state index in [0.717, 1.165) is 12.8 Å². The quantitative estimate of drug-likeness (QED) is 0.546. The van der Waals surface area contributed by atoms with Crippen molar-refractivity contribution in [3.05, 3.63) is 12.7 Å². The van der Waals surface area contributed by atoms with Crippen molar-refractivity contribution < 1.29 is 0 Å². The minimum Gasteiger partial charge on any atom is -0.316 e. The van der Waals surface area contributed by atoms with Crippen LogP contribution in [0.3, 0.4) is 0 Å². The second kappa shape index (κ2) is 4.35. The van der Waals surface area contributed by atoms with Gasteiger partial charge in [-0.3, -0.25) is 0 Å². The Hall–Kier alpha value is -0.810. The highest BCUT2D eigenvalue weighted by Crippen LogP contribution is 1.91. The van der Waals surface area contributed by atoms with Crippen LogP contribution >= 0.6 is 0 Å². The Morgan fingerprint density at radius 3 is 2.88 bits per heavy atom. The SMILES string of the molecule is C=CCCC(N)C#N. The molecule has 0 fully saturated rings. The Kier molecular flexibility index (Phi) is 3.91. The van der Waals surface area contributed by atoms with Gasteiger partial charge in [-0.15, -0.1) is 6.58 Å². The minimum absolute atomic E-state index is 0.312. The first-order chi connectivity index (χ1) is 3.81. The average Bonchev–Trinajstić information content (AvgIpc) is 1.83. The van der Waals surface area contributed by atoms with E-state index < -0.39 is 0 Å². The molecule has 0 saturated heterocycles. The summed E-state index contributed by atoms with van der Waals surface area (Å²) in [6.45, 7) is 3.50. The van der Waals surface area contributed by atoms with Gasteiger partial charge in [0, 0.05) is 0 Å². The van der Waals surface area contributed by atoms with Gasteiger partial charge in [0.1, 0.15) is 0 Å². The highest BCUT2D eigenvalue weighted by atomic mass is 14.6. The van der Waals surface area contributed by atoms with Gasteiger partial charge in [-0.25, -0.2) is 0 Å². The molecule has 1 unspecified atom stereocenters.